The largest absolute Gasteiger partial charge is 0.493 e. The van der Waals surface area contributed by atoms with Crippen LogP contribution in [-0.2, 0) is 15.5 Å². The molecule has 0 aromatic heterocycles. The maximum atomic E-state index is 11.0. The fourth-order valence-electron chi connectivity index (χ4n) is 1.97. The van der Waals surface area contributed by atoms with Crippen LogP contribution in [0.4, 0.5) is 0 Å². The smallest absolute Gasteiger partial charge is 0.233 e. The van der Waals surface area contributed by atoms with Gasteiger partial charge in [0, 0.05) is 16.6 Å². The normalized spacial score (nSPS) is 20.0. The van der Waals surface area contributed by atoms with Gasteiger partial charge in [-0.2, -0.15) is 0 Å². The van der Waals surface area contributed by atoms with Crippen LogP contribution < -0.4 is 4.74 Å². The zero-order valence-corrected chi connectivity index (χ0v) is 10.5. The molecular weight excluding hydrogens is 248 g/mol. The fourth-order valence-corrected chi connectivity index (χ4v) is 3.29. The molecule has 0 spiro atoms. The van der Waals surface area contributed by atoms with E-state index in [2.05, 4.69) is 0 Å². The second kappa shape index (κ2) is 4.26. The first kappa shape index (κ1) is 11.7. The molecule has 2 rings (SSSR count). The second-order valence-electron chi connectivity index (χ2n) is 4.20. The van der Waals surface area contributed by atoms with E-state index >= 15 is 0 Å². The second-order valence-corrected chi connectivity index (χ2v) is 7.02. The highest BCUT2D eigenvalue weighted by Crippen LogP contribution is 2.29. The number of benzene rings is 1. The summed E-state index contributed by atoms with van der Waals surface area (Å²) >= 11 is 0. The fraction of sp³-hybridized carbons (Fsp3) is 0.455. The monoisotopic (exact) mass is 260 g/mol. The van der Waals surface area contributed by atoms with Crippen LogP contribution in [0.15, 0.2) is 18.2 Å². The van der Waals surface area contributed by atoms with Crippen molar-refractivity contribution >= 4 is 19.7 Å². The summed E-state index contributed by atoms with van der Waals surface area (Å²) in [6.45, 7) is 2.42. The molecule has 0 saturated heterocycles. The molecule has 1 atom stereocenters. The first-order valence-electron chi connectivity index (χ1n) is 5.09. The van der Waals surface area contributed by atoms with Crippen molar-refractivity contribution in [3.05, 3.63) is 29.3 Å². The quantitative estimate of drug-likeness (QED) is 0.765. The molecule has 5 heteroatoms. The molecule has 88 valence electrons. The van der Waals surface area contributed by atoms with Gasteiger partial charge in [-0.05, 0) is 25.0 Å². The Morgan fingerprint density at radius 1 is 1.50 bits per heavy atom. The van der Waals surface area contributed by atoms with Gasteiger partial charge in [0.2, 0.25) is 9.05 Å². The first-order valence-corrected chi connectivity index (χ1v) is 7.56. The third-order valence-electron chi connectivity index (χ3n) is 2.63. The van der Waals surface area contributed by atoms with Crippen LogP contribution in [0.1, 0.15) is 11.1 Å². The van der Waals surface area contributed by atoms with Gasteiger partial charge in [0.25, 0.3) is 0 Å². The number of hydrogen-bond acceptors (Lipinski definition) is 3. The topological polar surface area (TPSA) is 43.4 Å². The summed E-state index contributed by atoms with van der Waals surface area (Å²) in [5, 5.41) is 0. The Bertz CT molecular complexity index is 496. The van der Waals surface area contributed by atoms with E-state index in [1.807, 2.05) is 25.1 Å². The molecule has 1 aromatic rings. The van der Waals surface area contributed by atoms with Crippen molar-refractivity contribution in [1.82, 2.24) is 0 Å². The molecule has 1 unspecified atom stereocenters. The van der Waals surface area contributed by atoms with Gasteiger partial charge in [0.15, 0.2) is 0 Å². The Morgan fingerprint density at radius 2 is 2.25 bits per heavy atom. The number of rotatable bonds is 2. The minimum atomic E-state index is -3.44. The molecule has 1 aromatic carbocycles. The Morgan fingerprint density at radius 3 is 2.94 bits per heavy atom. The highest BCUT2D eigenvalue weighted by Gasteiger charge is 2.24. The van der Waals surface area contributed by atoms with E-state index in [-0.39, 0.29) is 11.7 Å². The number of aryl methyl sites for hydroxylation is 1. The van der Waals surface area contributed by atoms with Crippen molar-refractivity contribution < 1.29 is 13.2 Å². The zero-order chi connectivity index (χ0) is 11.8. The lowest BCUT2D eigenvalue weighted by molar-refractivity contribution is 0.235. The van der Waals surface area contributed by atoms with Gasteiger partial charge in [-0.25, -0.2) is 8.42 Å². The van der Waals surface area contributed by atoms with Crippen LogP contribution in [0.3, 0.4) is 0 Å². The van der Waals surface area contributed by atoms with Crippen molar-refractivity contribution in [3.8, 4) is 5.75 Å². The molecule has 0 bridgehead atoms. The molecule has 0 amide bonds. The Labute approximate surface area is 99.8 Å². The maximum Gasteiger partial charge on any atom is 0.233 e. The summed E-state index contributed by atoms with van der Waals surface area (Å²) in [5.41, 5.74) is 2.22. The van der Waals surface area contributed by atoms with Crippen LogP contribution >= 0.6 is 10.7 Å². The van der Waals surface area contributed by atoms with Crippen molar-refractivity contribution in [2.45, 2.75) is 13.3 Å². The summed E-state index contributed by atoms with van der Waals surface area (Å²) in [6, 6.07) is 5.94. The molecule has 3 nitrogen and oxygen atoms in total. The van der Waals surface area contributed by atoms with Gasteiger partial charge in [-0.15, -0.1) is 0 Å². The average molecular weight is 261 g/mol. The van der Waals surface area contributed by atoms with E-state index < -0.39 is 9.05 Å². The molecule has 0 N–H and O–H groups in total. The van der Waals surface area contributed by atoms with Crippen molar-refractivity contribution in [3.63, 3.8) is 0 Å². The first-order chi connectivity index (χ1) is 7.44. The van der Waals surface area contributed by atoms with Crippen molar-refractivity contribution in [1.29, 1.82) is 0 Å². The van der Waals surface area contributed by atoms with Crippen LogP contribution in [0.5, 0.6) is 5.75 Å². The SMILES string of the molecule is Cc1ccc2c(c1)CC(CS(=O)(=O)Cl)CO2. The molecule has 16 heavy (non-hydrogen) atoms. The van der Waals surface area contributed by atoms with Crippen LogP contribution in [0, 0.1) is 12.8 Å². The van der Waals surface area contributed by atoms with Crippen LogP contribution in [0.2, 0.25) is 0 Å². The number of ether oxygens (including phenoxy) is 1. The maximum absolute atomic E-state index is 11.0. The summed E-state index contributed by atoms with van der Waals surface area (Å²) in [7, 11) is 1.80. The van der Waals surface area contributed by atoms with Crippen molar-refractivity contribution in [2.75, 3.05) is 12.4 Å². The van der Waals surface area contributed by atoms with Gasteiger partial charge in [-0.1, -0.05) is 17.7 Å². The van der Waals surface area contributed by atoms with Gasteiger partial charge in [-0.3, -0.25) is 0 Å². The zero-order valence-electron chi connectivity index (χ0n) is 8.94. The minimum absolute atomic E-state index is 0.0259. The minimum Gasteiger partial charge on any atom is -0.493 e. The Hall–Kier alpha value is -0.740. The van der Waals surface area contributed by atoms with E-state index in [9.17, 15) is 8.42 Å². The predicted molar refractivity (Wildman–Crippen MR) is 63.5 cm³/mol. The summed E-state index contributed by atoms with van der Waals surface area (Å²) in [5.74, 6) is 0.785. The Kier molecular flexibility index (Phi) is 3.13. The van der Waals surface area contributed by atoms with Gasteiger partial charge >= 0.3 is 0 Å². The number of hydrogen-bond donors (Lipinski definition) is 0. The summed E-state index contributed by atoms with van der Waals surface area (Å²) in [4.78, 5) is 0. The molecule has 0 fully saturated rings. The third kappa shape index (κ3) is 2.89. The summed E-state index contributed by atoms with van der Waals surface area (Å²) in [6.07, 6.45) is 0.711. The number of halogens is 1. The summed E-state index contributed by atoms with van der Waals surface area (Å²) < 4.78 is 27.5. The predicted octanol–water partition coefficient (Wildman–Crippen LogP) is 2.11. The lowest BCUT2D eigenvalue weighted by Gasteiger charge is -2.24. The standard InChI is InChI=1S/C11H13ClO3S/c1-8-2-3-11-10(4-8)5-9(6-15-11)7-16(12,13)14/h2-4,9H,5-7H2,1H3. The van der Waals surface area contributed by atoms with E-state index in [1.54, 1.807) is 0 Å². The van der Waals surface area contributed by atoms with Crippen molar-refractivity contribution in [2.24, 2.45) is 5.92 Å². The lowest BCUT2D eigenvalue weighted by Crippen LogP contribution is -2.26. The van der Waals surface area contributed by atoms with E-state index in [1.165, 1.54) is 0 Å². The molecule has 0 radical (unpaired) electrons. The molecule has 1 aliphatic heterocycles. The number of fused-ring (bicyclic) bond motifs is 1. The molecule has 1 heterocycles. The molecule has 0 saturated carbocycles. The van der Waals surface area contributed by atoms with Gasteiger partial charge in [0.1, 0.15) is 5.75 Å². The van der Waals surface area contributed by atoms with Gasteiger partial charge < -0.3 is 4.74 Å². The van der Waals surface area contributed by atoms with E-state index in [0.29, 0.717) is 13.0 Å². The molecule has 0 aliphatic carbocycles. The van der Waals surface area contributed by atoms with Crippen LogP contribution in [0.25, 0.3) is 0 Å². The van der Waals surface area contributed by atoms with Crippen LogP contribution in [-0.4, -0.2) is 20.8 Å². The molecule has 1 aliphatic rings. The highest BCUT2D eigenvalue weighted by molar-refractivity contribution is 8.13. The van der Waals surface area contributed by atoms with E-state index in [0.717, 1.165) is 16.9 Å². The third-order valence-corrected chi connectivity index (χ3v) is 3.88. The highest BCUT2D eigenvalue weighted by atomic mass is 35.7. The van der Waals surface area contributed by atoms with E-state index in [4.69, 9.17) is 15.4 Å². The van der Waals surface area contributed by atoms with Gasteiger partial charge in [0.05, 0.1) is 12.4 Å². The lowest BCUT2D eigenvalue weighted by atomic mass is 9.97. The average Bonchev–Trinajstić information content (AvgIpc) is 2.14. The Balaban J connectivity index is 2.17. The molecular formula is C11H13ClO3S.